The summed E-state index contributed by atoms with van der Waals surface area (Å²) < 4.78 is 4.74. The second-order valence-corrected chi connectivity index (χ2v) is 9.18. The molecule has 4 heteroatoms. The molecule has 1 unspecified atom stereocenters. The predicted octanol–water partition coefficient (Wildman–Crippen LogP) is 4.88. The van der Waals surface area contributed by atoms with Crippen molar-refractivity contribution in [3.8, 4) is 11.1 Å². The molecule has 1 aliphatic heterocycles. The highest BCUT2D eigenvalue weighted by Gasteiger charge is 2.23. The molecule has 184 valence electrons. The molecule has 0 saturated heterocycles. The average Bonchev–Trinajstić information content (AvgIpc) is 3.29. The summed E-state index contributed by atoms with van der Waals surface area (Å²) >= 11 is 0. The standard InChI is InChI=1S/C27H22O3.C6H7N/c1-30-27(29)20-9-7-19(8-10-20)26(28)21-11-6-18-13-14-23-22-5-3-2-4-17(22)12-15-24(23)25(18)16-21;1-2-4-6-7-5-3-1/h2-5,7-10,13-16,21H,6,11-12H2,1H3;1-7H. The maximum Gasteiger partial charge on any atom is 0.337 e. The summed E-state index contributed by atoms with van der Waals surface area (Å²) in [5.41, 5.74) is 6.29. The van der Waals surface area contributed by atoms with E-state index in [1.54, 1.807) is 24.3 Å². The van der Waals surface area contributed by atoms with Gasteiger partial charge in [0.1, 0.15) is 0 Å². The van der Waals surface area contributed by atoms with Gasteiger partial charge in [0, 0.05) is 23.9 Å². The number of fused-ring (bicyclic) bond motifs is 5. The molecule has 37 heavy (non-hydrogen) atoms. The van der Waals surface area contributed by atoms with Gasteiger partial charge in [-0.2, -0.15) is 0 Å². The van der Waals surface area contributed by atoms with Crippen molar-refractivity contribution in [1.82, 2.24) is 5.32 Å². The number of ketones is 1. The van der Waals surface area contributed by atoms with E-state index in [1.165, 1.54) is 39.8 Å². The van der Waals surface area contributed by atoms with Crippen LogP contribution in [0.25, 0.3) is 23.3 Å². The second kappa shape index (κ2) is 11.1. The third kappa shape index (κ3) is 5.24. The number of hydrogen-bond acceptors (Lipinski definition) is 4. The number of allylic oxidation sites excluding steroid dienone is 4. The summed E-state index contributed by atoms with van der Waals surface area (Å²) in [5.74, 6) is -0.445. The van der Waals surface area contributed by atoms with Gasteiger partial charge in [-0.05, 0) is 76.2 Å². The van der Waals surface area contributed by atoms with Gasteiger partial charge in [-0.15, -0.1) is 0 Å². The summed E-state index contributed by atoms with van der Waals surface area (Å²) in [4.78, 5) is 24.8. The van der Waals surface area contributed by atoms with E-state index in [0.717, 1.165) is 19.3 Å². The second-order valence-electron chi connectivity index (χ2n) is 9.18. The van der Waals surface area contributed by atoms with Crippen molar-refractivity contribution in [3.63, 3.8) is 0 Å². The van der Waals surface area contributed by atoms with Gasteiger partial charge in [-0.3, -0.25) is 4.79 Å². The van der Waals surface area contributed by atoms with E-state index in [1.807, 2.05) is 36.7 Å². The molecule has 3 aromatic carbocycles. The molecule has 0 amide bonds. The molecule has 1 heterocycles. The first-order valence-electron chi connectivity index (χ1n) is 12.5. The molecule has 0 aromatic heterocycles. The summed E-state index contributed by atoms with van der Waals surface area (Å²) in [6.45, 7) is 0. The van der Waals surface area contributed by atoms with Gasteiger partial charge in [0.15, 0.2) is 5.78 Å². The highest BCUT2D eigenvalue weighted by molar-refractivity contribution is 6.02. The first-order chi connectivity index (χ1) is 18.2. The SMILES string of the molecule is C1=CC=CNC=C1.COC(=O)c1ccc(C(=O)C2C=c3c(ccc4c3=CCc3ccccc3-4)CC2)cc1. The third-order valence-electron chi connectivity index (χ3n) is 6.95. The van der Waals surface area contributed by atoms with Crippen molar-refractivity contribution in [3.05, 3.63) is 130 Å². The van der Waals surface area contributed by atoms with Crippen molar-refractivity contribution in [2.24, 2.45) is 5.92 Å². The lowest BCUT2D eigenvalue weighted by molar-refractivity contribution is 0.0600. The Kier molecular flexibility index (Phi) is 7.27. The smallest absolute Gasteiger partial charge is 0.337 e. The lowest BCUT2D eigenvalue weighted by Gasteiger charge is -2.21. The minimum atomic E-state index is -0.394. The first-order valence-corrected chi connectivity index (χ1v) is 12.5. The zero-order valence-electron chi connectivity index (χ0n) is 20.8. The molecule has 3 aliphatic rings. The molecular weight excluding hydrogens is 458 g/mol. The maximum absolute atomic E-state index is 13.2. The molecule has 1 atom stereocenters. The van der Waals surface area contributed by atoms with Crippen LogP contribution < -0.4 is 15.8 Å². The highest BCUT2D eigenvalue weighted by Crippen LogP contribution is 2.26. The Hall–Kier alpha value is -4.44. The molecule has 1 N–H and O–H groups in total. The van der Waals surface area contributed by atoms with Crippen molar-refractivity contribution in [2.75, 3.05) is 7.11 Å². The number of hydrogen-bond donors (Lipinski definition) is 1. The van der Waals surface area contributed by atoms with Crippen LogP contribution in [0.15, 0.2) is 97.4 Å². The van der Waals surface area contributed by atoms with E-state index in [0.29, 0.717) is 11.1 Å². The molecule has 3 aromatic rings. The molecule has 0 radical (unpaired) electrons. The van der Waals surface area contributed by atoms with Crippen molar-refractivity contribution < 1.29 is 14.3 Å². The predicted molar refractivity (Wildman–Crippen MR) is 148 cm³/mol. The normalized spacial score (nSPS) is 16.2. The lowest BCUT2D eigenvalue weighted by Crippen LogP contribution is -2.37. The largest absolute Gasteiger partial charge is 0.465 e. The quantitative estimate of drug-likeness (QED) is 0.423. The van der Waals surface area contributed by atoms with Crippen LogP contribution in [0.1, 0.15) is 38.3 Å². The third-order valence-corrected chi connectivity index (χ3v) is 6.95. The Bertz CT molecular complexity index is 1530. The lowest BCUT2D eigenvalue weighted by atomic mass is 9.82. The number of carbonyl (C=O) groups is 2. The van der Waals surface area contributed by atoms with Gasteiger partial charge in [0.2, 0.25) is 0 Å². The summed E-state index contributed by atoms with van der Waals surface area (Å²) in [6.07, 6.45) is 18.6. The van der Waals surface area contributed by atoms with Crippen LogP contribution in [-0.2, 0) is 17.6 Å². The number of esters is 1. The van der Waals surface area contributed by atoms with E-state index in [4.69, 9.17) is 4.74 Å². The summed E-state index contributed by atoms with van der Waals surface area (Å²) in [6, 6.07) is 19.7. The molecule has 0 fully saturated rings. The van der Waals surface area contributed by atoms with Crippen molar-refractivity contribution >= 4 is 23.9 Å². The number of ether oxygens (including phenoxy) is 1. The number of carbonyl (C=O) groups excluding carboxylic acids is 2. The topological polar surface area (TPSA) is 55.4 Å². The van der Waals surface area contributed by atoms with Gasteiger partial charge >= 0.3 is 5.97 Å². The van der Waals surface area contributed by atoms with Crippen LogP contribution >= 0.6 is 0 Å². The van der Waals surface area contributed by atoms with Crippen molar-refractivity contribution in [1.29, 1.82) is 0 Å². The number of rotatable bonds is 3. The Balaban J connectivity index is 0.000000348. The van der Waals surface area contributed by atoms with Gasteiger partial charge in [-0.25, -0.2) is 4.79 Å². The molecule has 0 spiro atoms. The molecular formula is C33H29NO3. The zero-order valence-corrected chi connectivity index (χ0v) is 20.8. The van der Waals surface area contributed by atoms with Crippen molar-refractivity contribution in [2.45, 2.75) is 19.3 Å². The van der Waals surface area contributed by atoms with Crippen LogP contribution in [0, 0.1) is 5.92 Å². The molecule has 2 aliphatic carbocycles. The summed E-state index contributed by atoms with van der Waals surface area (Å²) in [7, 11) is 1.35. The van der Waals surface area contributed by atoms with Gasteiger partial charge in [0.05, 0.1) is 12.7 Å². The zero-order chi connectivity index (χ0) is 25.6. The minimum Gasteiger partial charge on any atom is -0.465 e. The first kappa shape index (κ1) is 24.3. The highest BCUT2D eigenvalue weighted by atomic mass is 16.5. The van der Waals surface area contributed by atoms with E-state index < -0.39 is 5.97 Å². The number of aryl methyl sites for hydroxylation is 1. The van der Waals surface area contributed by atoms with Crippen LogP contribution in [-0.4, -0.2) is 18.9 Å². The van der Waals surface area contributed by atoms with E-state index in [2.05, 4.69) is 53.9 Å². The average molecular weight is 488 g/mol. The monoisotopic (exact) mass is 487 g/mol. The molecule has 0 saturated carbocycles. The van der Waals surface area contributed by atoms with Crippen LogP contribution in [0.4, 0.5) is 0 Å². The van der Waals surface area contributed by atoms with Gasteiger partial charge < -0.3 is 10.1 Å². The Morgan fingerprint density at radius 1 is 0.784 bits per heavy atom. The van der Waals surface area contributed by atoms with Crippen LogP contribution in [0.3, 0.4) is 0 Å². The molecule has 6 rings (SSSR count). The maximum atomic E-state index is 13.2. The minimum absolute atomic E-state index is 0.103. The number of methoxy groups -OCH3 is 1. The van der Waals surface area contributed by atoms with Gasteiger partial charge in [-0.1, -0.05) is 72.8 Å². The summed E-state index contributed by atoms with van der Waals surface area (Å²) in [5, 5.41) is 5.38. The van der Waals surface area contributed by atoms with E-state index in [9.17, 15) is 9.59 Å². The number of Topliss-reactive ketones (excluding diaryl/α,β-unsaturated/α-hetero) is 1. The molecule has 0 bridgehead atoms. The van der Waals surface area contributed by atoms with E-state index in [-0.39, 0.29) is 11.7 Å². The van der Waals surface area contributed by atoms with Gasteiger partial charge in [0.25, 0.3) is 0 Å². The van der Waals surface area contributed by atoms with Crippen LogP contribution in [0.5, 0.6) is 0 Å². The molecule has 4 nitrogen and oxygen atoms in total. The van der Waals surface area contributed by atoms with E-state index >= 15 is 0 Å². The Morgan fingerprint density at radius 3 is 2.27 bits per heavy atom. The number of nitrogens with one attached hydrogen (secondary N) is 1. The number of benzene rings is 3. The fourth-order valence-corrected chi connectivity index (χ4v) is 5.04. The Morgan fingerprint density at radius 2 is 1.51 bits per heavy atom. The van der Waals surface area contributed by atoms with Crippen LogP contribution in [0.2, 0.25) is 0 Å². The Labute approximate surface area is 217 Å². The fourth-order valence-electron chi connectivity index (χ4n) is 5.04. The fraction of sp³-hybridized carbons (Fsp3) is 0.152.